The second kappa shape index (κ2) is 5.00. The fourth-order valence-corrected chi connectivity index (χ4v) is 1.55. The average molecular weight is 223 g/mol. The summed E-state index contributed by atoms with van der Waals surface area (Å²) in [7, 11) is 1.97. The molecule has 92 valence electrons. The van der Waals surface area contributed by atoms with Crippen LogP contribution < -0.4 is 5.32 Å². The number of nitrogens with zero attached hydrogens (tertiary/aromatic N) is 2. The first kappa shape index (κ1) is 13.2. The summed E-state index contributed by atoms with van der Waals surface area (Å²) in [4.78, 5) is 0. The molecule has 0 bridgehead atoms. The summed E-state index contributed by atoms with van der Waals surface area (Å²) in [5.41, 5.74) is 2.79. The zero-order valence-corrected chi connectivity index (χ0v) is 11.5. The van der Waals surface area contributed by atoms with Crippen molar-refractivity contribution < 1.29 is 0 Å². The summed E-state index contributed by atoms with van der Waals surface area (Å²) in [5, 5.41) is 7.84. The maximum absolute atomic E-state index is 4.33. The van der Waals surface area contributed by atoms with Gasteiger partial charge in [0.2, 0.25) is 0 Å². The van der Waals surface area contributed by atoms with Gasteiger partial charge in [0, 0.05) is 25.4 Å². The molecule has 1 unspecified atom stereocenters. The van der Waals surface area contributed by atoms with Crippen molar-refractivity contribution in [2.24, 2.45) is 18.4 Å². The molecule has 0 amide bonds. The third-order valence-corrected chi connectivity index (χ3v) is 3.36. The lowest BCUT2D eigenvalue weighted by atomic mass is 9.82. The first-order valence-corrected chi connectivity index (χ1v) is 6.00. The average Bonchev–Trinajstić information content (AvgIpc) is 2.43. The number of hydrogen-bond acceptors (Lipinski definition) is 2. The fourth-order valence-electron chi connectivity index (χ4n) is 1.55. The molecule has 3 nitrogen and oxygen atoms in total. The molecule has 1 aromatic rings. The normalized spacial score (nSPS) is 14.1. The Labute approximate surface area is 99.2 Å². The molecule has 1 rings (SSSR count). The Morgan fingerprint density at radius 1 is 1.44 bits per heavy atom. The predicted molar refractivity (Wildman–Crippen MR) is 68.3 cm³/mol. The smallest absolute Gasteiger partial charge is 0.0638 e. The van der Waals surface area contributed by atoms with E-state index in [0.29, 0.717) is 11.3 Å². The van der Waals surface area contributed by atoms with Crippen molar-refractivity contribution in [3.63, 3.8) is 0 Å². The molecule has 0 saturated carbocycles. The zero-order valence-electron chi connectivity index (χ0n) is 11.5. The van der Waals surface area contributed by atoms with E-state index in [-0.39, 0.29) is 0 Å². The molecule has 1 aromatic heterocycles. The molecule has 0 aliphatic carbocycles. The third kappa shape index (κ3) is 3.63. The SMILES string of the molecule is Cc1nn(C)cc1CNCC(C)C(C)(C)C. The van der Waals surface area contributed by atoms with Gasteiger partial charge in [0.15, 0.2) is 0 Å². The van der Waals surface area contributed by atoms with Crippen LogP contribution in [0.3, 0.4) is 0 Å². The molecule has 0 radical (unpaired) electrons. The predicted octanol–water partition coefficient (Wildman–Crippen LogP) is 2.50. The van der Waals surface area contributed by atoms with Crippen LogP contribution in [-0.4, -0.2) is 16.3 Å². The first-order chi connectivity index (χ1) is 7.30. The minimum atomic E-state index is 0.372. The molecule has 1 atom stereocenters. The number of rotatable bonds is 4. The molecular weight excluding hydrogens is 198 g/mol. The van der Waals surface area contributed by atoms with Crippen LogP contribution in [0.5, 0.6) is 0 Å². The second-order valence-corrected chi connectivity index (χ2v) is 5.81. The van der Waals surface area contributed by atoms with Crippen molar-refractivity contribution in [1.29, 1.82) is 0 Å². The van der Waals surface area contributed by atoms with Crippen molar-refractivity contribution in [3.05, 3.63) is 17.5 Å². The van der Waals surface area contributed by atoms with Gasteiger partial charge in [0.05, 0.1) is 5.69 Å². The Kier molecular flexibility index (Phi) is 4.14. The Bertz CT molecular complexity index is 333. The summed E-state index contributed by atoms with van der Waals surface area (Å²) in [6, 6.07) is 0. The standard InChI is InChI=1S/C13H25N3/c1-10(13(3,4)5)7-14-8-12-9-16(6)15-11(12)2/h9-10,14H,7-8H2,1-6H3. The lowest BCUT2D eigenvalue weighted by Crippen LogP contribution is -2.29. The van der Waals surface area contributed by atoms with Crippen LogP contribution in [0.25, 0.3) is 0 Å². The topological polar surface area (TPSA) is 29.9 Å². The molecule has 0 aromatic carbocycles. The quantitative estimate of drug-likeness (QED) is 0.850. The zero-order chi connectivity index (χ0) is 12.3. The van der Waals surface area contributed by atoms with Gasteiger partial charge < -0.3 is 5.32 Å². The van der Waals surface area contributed by atoms with Gasteiger partial charge >= 0.3 is 0 Å². The summed E-state index contributed by atoms with van der Waals surface area (Å²) < 4.78 is 1.87. The van der Waals surface area contributed by atoms with Crippen molar-refractivity contribution in [2.75, 3.05) is 6.54 Å². The molecule has 1 N–H and O–H groups in total. The van der Waals surface area contributed by atoms with E-state index >= 15 is 0 Å². The van der Waals surface area contributed by atoms with Crippen LogP contribution in [0.1, 0.15) is 39.0 Å². The van der Waals surface area contributed by atoms with Crippen molar-refractivity contribution >= 4 is 0 Å². The van der Waals surface area contributed by atoms with Crippen molar-refractivity contribution in [3.8, 4) is 0 Å². The van der Waals surface area contributed by atoms with E-state index in [1.165, 1.54) is 5.56 Å². The Balaban J connectivity index is 2.39. The van der Waals surface area contributed by atoms with Crippen LogP contribution in [0.2, 0.25) is 0 Å². The van der Waals surface area contributed by atoms with E-state index < -0.39 is 0 Å². The second-order valence-electron chi connectivity index (χ2n) is 5.81. The van der Waals surface area contributed by atoms with E-state index in [4.69, 9.17) is 0 Å². The van der Waals surface area contributed by atoms with Gasteiger partial charge in [-0.1, -0.05) is 27.7 Å². The third-order valence-electron chi connectivity index (χ3n) is 3.36. The van der Waals surface area contributed by atoms with Crippen LogP contribution in [-0.2, 0) is 13.6 Å². The van der Waals surface area contributed by atoms with Crippen LogP contribution in [0, 0.1) is 18.3 Å². The highest BCUT2D eigenvalue weighted by Gasteiger charge is 2.19. The van der Waals surface area contributed by atoms with Crippen molar-refractivity contribution in [1.82, 2.24) is 15.1 Å². The molecule has 1 heterocycles. The molecule has 3 heteroatoms. The first-order valence-electron chi connectivity index (χ1n) is 6.00. The lowest BCUT2D eigenvalue weighted by Gasteiger charge is -2.27. The minimum absolute atomic E-state index is 0.372. The number of aryl methyl sites for hydroxylation is 2. The summed E-state index contributed by atoms with van der Waals surface area (Å²) in [6.07, 6.45) is 2.09. The van der Waals surface area contributed by atoms with Crippen LogP contribution >= 0.6 is 0 Å². The van der Waals surface area contributed by atoms with E-state index in [1.54, 1.807) is 0 Å². The van der Waals surface area contributed by atoms with E-state index in [2.05, 4.69) is 51.2 Å². The maximum atomic E-state index is 4.33. The number of aromatic nitrogens is 2. The molecule has 0 fully saturated rings. The largest absolute Gasteiger partial charge is 0.312 e. The van der Waals surface area contributed by atoms with E-state index in [9.17, 15) is 0 Å². The fraction of sp³-hybridized carbons (Fsp3) is 0.769. The number of hydrogen-bond donors (Lipinski definition) is 1. The molecule has 0 aliphatic rings. The summed E-state index contributed by atoms with van der Waals surface area (Å²) in [6.45, 7) is 13.2. The molecule has 0 aliphatic heterocycles. The van der Waals surface area contributed by atoms with Crippen LogP contribution in [0.4, 0.5) is 0 Å². The van der Waals surface area contributed by atoms with Crippen LogP contribution in [0.15, 0.2) is 6.20 Å². The highest BCUT2D eigenvalue weighted by molar-refractivity contribution is 5.14. The van der Waals surface area contributed by atoms with Crippen molar-refractivity contribution in [2.45, 2.75) is 41.2 Å². The molecule has 0 saturated heterocycles. The monoisotopic (exact) mass is 223 g/mol. The lowest BCUT2D eigenvalue weighted by molar-refractivity contribution is 0.252. The van der Waals surface area contributed by atoms with E-state index in [1.807, 2.05) is 11.7 Å². The van der Waals surface area contributed by atoms with Gasteiger partial charge in [-0.2, -0.15) is 5.10 Å². The summed E-state index contributed by atoms with van der Waals surface area (Å²) in [5.74, 6) is 0.671. The molecule has 0 spiro atoms. The number of nitrogens with one attached hydrogen (secondary N) is 1. The molecular formula is C13H25N3. The Morgan fingerprint density at radius 2 is 2.06 bits per heavy atom. The Hall–Kier alpha value is -0.830. The summed E-state index contributed by atoms with van der Waals surface area (Å²) >= 11 is 0. The van der Waals surface area contributed by atoms with Gasteiger partial charge in [-0.25, -0.2) is 0 Å². The highest BCUT2D eigenvalue weighted by Crippen LogP contribution is 2.24. The van der Waals surface area contributed by atoms with E-state index in [0.717, 1.165) is 18.8 Å². The van der Waals surface area contributed by atoms with Gasteiger partial charge in [-0.15, -0.1) is 0 Å². The maximum Gasteiger partial charge on any atom is 0.0638 e. The van der Waals surface area contributed by atoms with Gasteiger partial charge in [0.25, 0.3) is 0 Å². The van der Waals surface area contributed by atoms with Gasteiger partial charge in [0.1, 0.15) is 0 Å². The Morgan fingerprint density at radius 3 is 2.50 bits per heavy atom. The van der Waals surface area contributed by atoms with Gasteiger partial charge in [-0.3, -0.25) is 4.68 Å². The van der Waals surface area contributed by atoms with Gasteiger partial charge in [-0.05, 0) is 24.8 Å². The highest BCUT2D eigenvalue weighted by atomic mass is 15.2. The molecule has 16 heavy (non-hydrogen) atoms. The minimum Gasteiger partial charge on any atom is -0.312 e.